The van der Waals surface area contributed by atoms with E-state index in [1.165, 1.54) is 7.11 Å². The van der Waals surface area contributed by atoms with Gasteiger partial charge in [0.1, 0.15) is 5.54 Å². The molecule has 0 aromatic carbocycles. The molecule has 0 aromatic rings. The molecule has 1 aliphatic heterocycles. The number of nitrogens with one attached hydrogen (secondary N) is 1. The summed E-state index contributed by atoms with van der Waals surface area (Å²) >= 11 is 0. The van der Waals surface area contributed by atoms with Gasteiger partial charge in [-0.1, -0.05) is 0 Å². The topological polar surface area (TPSA) is 58.6 Å². The Morgan fingerprint density at radius 1 is 1.82 bits per heavy atom. The molecule has 0 amide bonds. The lowest BCUT2D eigenvalue weighted by Crippen LogP contribution is -2.51. The maximum Gasteiger partial charge on any atom is 0.326 e. The normalized spacial score (nSPS) is 30.6. The van der Waals surface area contributed by atoms with Gasteiger partial charge in [0.15, 0.2) is 0 Å². The molecule has 1 unspecified atom stereocenters. The zero-order chi connectivity index (χ0) is 8.32. The molecule has 1 atom stereocenters. The van der Waals surface area contributed by atoms with Crippen molar-refractivity contribution in [2.24, 2.45) is 0 Å². The average Bonchev–Trinajstić information content (AvgIpc) is 2.38. The first kappa shape index (κ1) is 8.49. The molecule has 1 saturated heterocycles. The lowest BCUT2D eigenvalue weighted by atomic mass is 9.99. The van der Waals surface area contributed by atoms with E-state index in [1.54, 1.807) is 0 Å². The summed E-state index contributed by atoms with van der Waals surface area (Å²) in [5, 5.41) is 11.8. The molecule has 11 heavy (non-hydrogen) atoms. The number of hydrogen-bond acceptors (Lipinski definition) is 3. The summed E-state index contributed by atoms with van der Waals surface area (Å²) in [7, 11) is 1.52. The van der Waals surface area contributed by atoms with Crippen LogP contribution in [0.3, 0.4) is 0 Å². The Labute approximate surface area is 65.5 Å². The Hall–Kier alpha value is -0.610. The van der Waals surface area contributed by atoms with Crippen LogP contribution in [0.1, 0.15) is 12.8 Å². The summed E-state index contributed by atoms with van der Waals surface area (Å²) in [5.41, 5.74) is -0.811. The highest BCUT2D eigenvalue weighted by molar-refractivity contribution is 5.79. The van der Waals surface area contributed by atoms with Gasteiger partial charge in [-0.2, -0.15) is 0 Å². The smallest absolute Gasteiger partial charge is 0.326 e. The minimum absolute atomic E-state index is 0.252. The molecule has 1 rings (SSSR count). The second-order valence-electron chi connectivity index (χ2n) is 2.85. The van der Waals surface area contributed by atoms with Gasteiger partial charge in [-0.3, -0.25) is 10.1 Å². The van der Waals surface area contributed by atoms with Gasteiger partial charge >= 0.3 is 5.97 Å². The van der Waals surface area contributed by atoms with Crippen molar-refractivity contribution in [2.45, 2.75) is 18.4 Å². The SMILES string of the molecule is COCC1(C(=O)O)CCCN1. The van der Waals surface area contributed by atoms with Crippen molar-refractivity contribution in [3.63, 3.8) is 0 Å². The number of aliphatic carboxylic acids is 1. The fourth-order valence-corrected chi connectivity index (χ4v) is 1.42. The summed E-state index contributed by atoms with van der Waals surface area (Å²) in [6.07, 6.45) is 1.58. The Balaban J connectivity index is 2.62. The van der Waals surface area contributed by atoms with E-state index in [1.807, 2.05) is 0 Å². The highest BCUT2D eigenvalue weighted by Crippen LogP contribution is 2.19. The lowest BCUT2D eigenvalue weighted by molar-refractivity contribution is -0.146. The van der Waals surface area contributed by atoms with E-state index < -0.39 is 11.5 Å². The van der Waals surface area contributed by atoms with Gasteiger partial charge < -0.3 is 9.84 Å². The van der Waals surface area contributed by atoms with Gasteiger partial charge in [0.25, 0.3) is 0 Å². The van der Waals surface area contributed by atoms with Crippen molar-refractivity contribution in [3.8, 4) is 0 Å². The molecule has 1 aliphatic rings. The van der Waals surface area contributed by atoms with Crippen molar-refractivity contribution in [3.05, 3.63) is 0 Å². The summed E-state index contributed by atoms with van der Waals surface area (Å²) < 4.78 is 4.85. The Bertz CT molecular complexity index is 152. The maximum atomic E-state index is 10.8. The lowest BCUT2D eigenvalue weighted by Gasteiger charge is -2.22. The first-order valence-corrected chi connectivity index (χ1v) is 3.69. The number of carboxylic acids is 1. The van der Waals surface area contributed by atoms with Gasteiger partial charge in [0.2, 0.25) is 0 Å². The summed E-state index contributed by atoms with van der Waals surface area (Å²) in [4.78, 5) is 10.8. The van der Waals surface area contributed by atoms with Crippen LogP contribution in [0.15, 0.2) is 0 Å². The monoisotopic (exact) mass is 159 g/mol. The van der Waals surface area contributed by atoms with Crippen LogP contribution in [0, 0.1) is 0 Å². The number of rotatable bonds is 3. The quantitative estimate of drug-likeness (QED) is 0.600. The first-order valence-electron chi connectivity index (χ1n) is 3.69. The van der Waals surface area contributed by atoms with Gasteiger partial charge in [-0.05, 0) is 19.4 Å². The Kier molecular flexibility index (Phi) is 2.46. The number of hydrogen-bond donors (Lipinski definition) is 2. The summed E-state index contributed by atoms with van der Waals surface area (Å²) in [6.45, 7) is 1.03. The van der Waals surface area contributed by atoms with Crippen LogP contribution >= 0.6 is 0 Å². The largest absolute Gasteiger partial charge is 0.480 e. The molecule has 0 saturated carbocycles. The van der Waals surface area contributed by atoms with E-state index in [0.29, 0.717) is 6.42 Å². The van der Waals surface area contributed by atoms with Crippen LogP contribution in [0.25, 0.3) is 0 Å². The molecule has 1 heterocycles. The molecular formula is C7H13NO3. The first-order chi connectivity index (χ1) is 5.21. The minimum atomic E-state index is -0.811. The minimum Gasteiger partial charge on any atom is -0.480 e. The van der Waals surface area contributed by atoms with Crippen LogP contribution < -0.4 is 5.32 Å². The highest BCUT2D eigenvalue weighted by Gasteiger charge is 2.40. The Morgan fingerprint density at radius 2 is 2.55 bits per heavy atom. The molecule has 0 radical (unpaired) electrons. The molecule has 0 bridgehead atoms. The van der Waals surface area contributed by atoms with Crippen LogP contribution in [-0.2, 0) is 9.53 Å². The molecule has 0 aromatic heterocycles. The van der Waals surface area contributed by atoms with Gasteiger partial charge in [0, 0.05) is 7.11 Å². The fourth-order valence-electron chi connectivity index (χ4n) is 1.42. The average molecular weight is 159 g/mol. The molecule has 64 valence electrons. The molecule has 4 heteroatoms. The molecule has 4 nitrogen and oxygen atoms in total. The number of carbonyl (C=O) groups is 1. The van der Waals surface area contributed by atoms with Gasteiger partial charge in [-0.15, -0.1) is 0 Å². The third kappa shape index (κ3) is 1.52. The van der Waals surface area contributed by atoms with E-state index >= 15 is 0 Å². The van der Waals surface area contributed by atoms with Gasteiger partial charge in [0.05, 0.1) is 6.61 Å². The van der Waals surface area contributed by atoms with Gasteiger partial charge in [-0.25, -0.2) is 0 Å². The molecule has 2 N–H and O–H groups in total. The molecular weight excluding hydrogens is 146 g/mol. The second kappa shape index (κ2) is 3.19. The zero-order valence-corrected chi connectivity index (χ0v) is 6.59. The van der Waals surface area contributed by atoms with Crippen molar-refractivity contribution < 1.29 is 14.6 Å². The van der Waals surface area contributed by atoms with Crippen LogP contribution in [0.5, 0.6) is 0 Å². The second-order valence-corrected chi connectivity index (χ2v) is 2.85. The van der Waals surface area contributed by atoms with E-state index in [2.05, 4.69) is 5.32 Å². The van der Waals surface area contributed by atoms with E-state index in [4.69, 9.17) is 9.84 Å². The van der Waals surface area contributed by atoms with Crippen LogP contribution in [0.4, 0.5) is 0 Å². The highest BCUT2D eigenvalue weighted by atomic mass is 16.5. The Morgan fingerprint density at radius 3 is 2.91 bits per heavy atom. The predicted octanol–water partition coefficient (Wildman–Crippen LogP) is -0.160. The standard InChI is InChI=1S/C7H13NO3/c1-11-5-7(6(9)10)3-2-4-8-7/h8H,2-5H2,1H3,(H,9,10). The zero-order valence-electron chi connectivity index (χ0n) is 6.59. The fraction of sp³-hybridized carbons (Fsp3) is 0.857. The van der Waals surface area contributed by atoms with E-state index in [-0.39, 0.29) is 6.61 Å². The van der Waals surface area contributed by atoms with Crippen molar-refractivity contribution in [1.29, 1.82) is 0 Å². The molecule has 0 aliphatic carbocycles. The number of methoxy groups -OCH3 is 1. The van der Waals surface area contributed by atoms with Crippen molar-refractivity contribution in [1.82, 2.24) is 5.32 Å². The third-order valence-corrected chi connectivity index (χ3v) is 2.04. The molecule has 1 fully saturated rings. The number of ether oxygens (including phenoxy) is 1. The van der Waals surface area contributed by atoms with Crippen LogP contribution in [0.2, 0.25) is 0 Å². The van der Waals surface area contributed by atoms with Crippen molar-refractivity contribution >= 4 is 5.97 Å². The van der Waals surface area contributed by atoms with Crippen molar-refractivity contribution in [2.75, 3.05) is 20.3 Å². The maximum absolute atomic E-state index is 10.8. The molecule has 0 spiro atoms. The van der Waals surface area contributed by atoms with E-state index in [9.17, 15) is 4.79 Å². The number of carboxylic acid groups (broad SMARTS) is 1. The summed E-state index contributed by atoms with van der Waals surface area (Å²) in [5.74, 6) is -0.808. The van der Waals surface area contributed by atoms with Crippen LogP contribution in [-0.4, -0.2) is 36.9 Å². The third-order valence-electron chi connectivity index (χ3n) is 2.04. The summed E-state index contributed by atoms with van der Waals surface area (Å²) in [6, 6.07) is 0. The van der Waals surface area contributed by atoms with E-state index in [0.717, 1.165) is 13.0 Å². The predicted molar refractivity (Wildman–Crippen MR) is 39.5 cm³/mol.